The fourth-order valence-electron chi connectivity index (χ4n) is 1.11. The predicted octanol–water partition coefficient (Wildman–Crippen LogP) is 2.59. The number of ether oxygens (including phenoxy) is 1. The Kier molecular flexibility index (Phi) is 2.03. The first kappa shape index (κ1) is 7.66. The van der Waals surface area contributed by atoms with Crippen molar-refractivity contribution < 1.29 is 4.74 Å². The van der Waals surface area contributed by atoms with Gasteiger partial charge in [0.05, 0.1) is 6.10 Å². The van der Waals surface area contributed by atoms with Crippen molar-refractivity contribution in [2.45, 2.75) is 32.3 Å². The largest absolute Gasteiger partial charge is 0.490 e. The summed E-state index contributed by atoms with van der Waals surface area (Å²) in [5, 5.41) is 0. The molecule has 0 amide bonds. The van der Waals surface area contributed by atoms with Crippen LogP contribution in [0, 0.1) is 6.07 Å². The molecule has 0 heterocycles. The second-order valence-electron chi connectivity index (χ2n) is 3.22. The van der Waals surface area contributed by atoms with Gasteiger partial charge in [-0.05, 0) is 43.0 Å². The molecule has 0 unspecified atom stereocenters. The highest BCUT2D eigenvalue weighted by atomic mass is 16.5. The van der Waals surface area contributed by atoms with E-state index in [4.69, 9.17) is 4.74 Å². The van der Waals surface area contributed by atoms with E-state index in [0.717, 1.165) is 12.2 Å². The molecule has 1 heteroatoms. The zero-order valence-electron chi connectivity index (χ0n) is 7.34. The molecule has 1 radical (unpaired) electrons. The average molecular weight is 161 g/mol. The van der Waals surface area contributed by atoms with Gasteiger partial charge in [-0.3, -0.25) is 0 Å². The Hall–Kier alpha value is -0.980. The highest BCUT2D eigenvalue weighted by molar-refractivity contribution is 5.26. The van der Waals surface area contributed by atoms with E-state index in [1.165, 1.54) is 18.4 Å². The predicted molar refractivity (Wildman–Crippen MR) is 48.3 cm³/mol. The van der Waals surface area contributed by atoms with Gasteiger partial charge in [-0.15, -0.1) is 0 Å². The molecule has 2 rings (SSSR count). The topological polar surface area (TPSA) is 9.23 Å². The molecule has 1 aliphatic rings. The SMILES string of the molecule is CCc1[c]cc(OC2CC2)cc1. The van der Waals surface area contributed by atoms with Gasteiger partial charge in [-0.25, -0.2) is 0 Å². The van der Waals surface area contributed by atoms with Crippen LogP contribution < -0.4 is 4.74 Å². The lowest BCUT2D eigenvalue weighted by Gasteiger charge is -2.03. The van der Waals surface area contributed by atoms with Crippen LogP contribution in [0.15, 0.2) is 18.2 Å². The molecular weight excluding hydrogens is 148 g/mol. The van der Waals surface area contributed by atoms with E-state index in [1.54, 1.807) is 0 Å². The molecule has 1 aromatic rings. The van der Waals surface area contributed by atoms with Crippen LogP contribution in [0.5, 0.6) is 5.75 Å². The fraction of sp³-hybridized carbons (Fsp3) is 0.455. The van der Waals surface area contributed by atoms with E-state index < -0.39 is 0 Å². The summed E-state index contributed by atoms with van der Waals surface area (Å²) in [7, 11) is 0. The van der Waals surface area contributed by atoms with Crippen LogP contribution in [-0.2, 0) is 6.42 Å². The van der Waals surface area contributed by atoms with Crippen molar-refractivity contribution in [2.24, 2.45) is 0 Å². The number of hydrogen-bond acceptors (Lipinski definition) is 1. The summed E-state index contributed by atoms with van der Waals surface area (Å²) in [6, 6.07) is 9.25. The zero-order valence-corrected chi connectivity index (χ0v) is 7.34. The highest BCUT2D eigenvalue weighted by Gasteiger charge is 2.23. The summed E-state index contributed by atoms with van der Waals surface area (Å²) in [5.41, 5.74) is 1.25. The number of hydrogen-bond donors (Lipinski definition) is 0. The smallest absolute Gasteiger partial charge is 0.120 e. The normalized spacial score (nSPS) is 16.1. The Bertz CT molecular complexity index is 246. The quantitative estimate of drug-likeness (QED) is 0.662. The second kappa shape index (κ2) is 3.18. The Balaban J connectivity index is 2.02. The van der Waals surface area contributed by atoms with Gasteiger partial charge in [0.2, 0.25) is 0 Å². The van der Waals surface area contributed by atoms with Crippen molar-refractivity contribution >= 4 is 0 Å². The average Bonchev–Trinajstić information content (AvgIpc) is 2.90. The van der Waals surface area contributed by atoms with Crippen LogP contribution in [0.25, 0.3) is 0 Å². The Labute approximate surface area is 73.4 Å². The van der Waals surface area contributed by atoms with E-state index >= 15 is 0 Å². The third kappa shape index (κ3) is 1.79. The van der Waals surface area contributed by atoms with Crippen molar-refractivity contribution in [3.63, 3.8) is 0 Å². The third-order valence-corrected chi connectivity index (χ3v) is 2.06. The van der Waals surface area contributed by atoms with Crippen LogP contribution in [0.2, 0.25) is 0 Å². The minimum Gasteiger partial charge on any atom is -0.490 e. The summed E-state index contributed by atoms with van der Waals surface area (Å²) in [6.45, 7) is 2.13. The monoisotopic (exact) mass is 161 g/mol. The van der Waals surface area contributed by atoms with Gasteiger partial charge < -0.3 is 4.74 Å². The van der Waals surface area contributed by atoms with Crippen LogP contribution in [-0.4, -0.2) is 6.10 Å². The van der Waals surface area contributed by atoms with Gasteiger partial charge in [0, 0.05) is 0 Å². The molecule has 12 heavy (non-hydrogen) atoms. The van der Waals surface area contributed by atoms with E-state index in [2.05, 4.69) is 19.1 Å². The van der Waals surface area contributed by atoms with Crippen LogP contribution in [0.1, 0.15) is 25.3 Å². The number of benzene rings is 1. The number of aryl methyl sites for hydroxylation is 1. The maximum Gasteiger partial charge on any atom is 0.120 e. The first-order chi connectivity index (χ1) is 5.88. The van der Waals surface area contributed by atoms with Gasteiger partial charge in [0.25, 0.3) is 0 Å². The summed E-state index contributed by atoms with van der Waals surface area (Å²) in [6.07, 6.45) is 3.97. The van der Waals surface area contributed by atoms with Crippen molar-refractivity contribution in [3.05, 3.63) is 29.8 Å². The molecule has 0 aliphatic heterocycles. The molecule has 0 N–H and O–H groups in total. The third-order valence-electron chi connectivity index (χ3n) is 2.06. The minimum atomic E-state index is 0.492. The van der Waals surface area contributed by atoms with E-state index in [1.807, 2.05) is 12.1 Å². The van der Waals surface area contributed by atoms with Crippen molar-refractivity contribution in [3.8, 4) is 5.75 Å². The molecular formula is C11H13O. The zero-order chi connectivity index (χ0) is 8.39. The Morgan fingerprint density at radius 3 is 2.83 bits per heavy atom. The maximum absolute atomic E-state index is 5.59. The van der Waals surface area contributed by atoms with Crippen LogP contribution >= 0.6 is 0 Å². The van der Waals surface area contributed by atoms with E-state index in [0.29, 0.717) is 6.10 Å². The lowest BCUT2D eigenvalue weighted by atomic mass is 10.2. The fourth-order valence-corrected chi connectivity index (χ4v) is 1.11. The molecule has 0 atom stereocenters. The molecule has 63 valence electrons. The summed E-state index contributed by atoms with van der Waals surface area (Å²) in [5.74, 6) is 0.967. The van der Waals surface area contributed by atoms with Crippen molar-refractivity contribution in [2.75, 3.05) is 0 Å². The molecule has 1 aliphatic carbocycles. The molecule has 0 bridgehead atoms. The van der Waals surface area contributed by atoms with Crippen LogP contribution in [0.3, 0.4) is 0 Å². The summed E-state index contributed by atoms with van der Waals surface area (Å²) < 4.78 is 5.59. The molecule has 1 saturated carbocycles. The summed E-state index contributed by atoms with van der Waals surface area (Å²) in [4.78, 5) is 0. The van der Waals surface area contributed by atoms with Gasteiger partial charge in [0.1, 0.15) is 5.75 Å². The molecule has 0 spiro atoms. The van der Waals surface area contributed by atoms with Gasteiger partial charge in [0.15, 0.2) is 0 Å². The Morgan fingerprint density at radius 1 is 1.50 bits per heavy atom. The standard InChI is InChI=1S/C11H13O/c1-2-9-3-5-10(6-4-9)12-11-7-8-11/h3,5-6,11H,2,7-8H2,1H3. The maximum atomic E-state index is 5.59. The van der Waals surface area contributed by atoms with Gasteiger partial charge in [-0.1, -0.05) is 13.0 Å². The molecule has 1 aromatic carbocycles. The lowest BCUT2D eigenvalue weighted by molar-refractivity contribution is 0.303. The molecule has 1 nitrogen and oxygen atoms in total. The highest BCUT2D eigenvalue weighted by Crippen LogP contribution is 2.26. The van der Waals surface area contributed by atoms with Gasteiger partial charge >= 0.3 is 0 Å². The first-order valence-corrected chi connectivity index (χ1v) is 4.56. The number of rotatable bonds is 3. The molecule has 1 fully saturated rings. The van der Waals surface area contributed by atoms with E-state index in [-0.39, 0.29) is 0 Å². The summed E-state index contributed by atoms with van der Waals surface area (Å²) >= 11 is 0. The molecule has 0 aromatic heterocycles. The van der Waals surface area contributed by atoms with Gasteiger partial charge in [-0.2, -0.15) is 0 Å². The molecule has 0 saturated heterocycles. The Morgan fingerprint density at radius 2 is 2.33 bits per heavy atom. The minimum absolute atomic E-state index is 0.492. The van der Waals surface area contributed by atoms with Crippen molar-refractivity contribution in [1.29, 1.82) is 0 Å². The second-order valence-corrected chi connectivity index (χ2v) is 3.22. The lowest BCUT2D eigenvalue weighted by Crippen LogP contribution is -1.95. The van der Waals surface area contributed by atoms with Crippen LogP contribution in [0.4, 0.5) is 0 Å². The van der Waals surface area contributed by atoms with E-state index in [9.17, 15) is 0 Å². The van der Waals surface area contributed by atoms with Crippen molar-refractivity contribution in [1.82, 2.24) is 0 Å². The first-order valence-electron chi connectivity index (χ1n) is 4.56.